The summed E-state index contributed by atoms with van der Waals surface area (Å²) in [6, 6.07) is 4.68. The van der Waals surface area contributed by atoms with Crippen LogP contribution in [0.25, 0.3) is 0 Å². The van der Waals surface area contributed by atoms with Gasteiger partial charge in [-0.1, -0.05) is 19.4 Å². The van der Waals surface area contributed by atoms with Gasteiger partial charge in [0.15, 0.2) is 5.78 Å². The van der Waals surface area contributed by atoms with Crippen molar-refractivity contribution in [2.45, 2.75) is 39.5 Å². The number of anilines is 1. The second-order valence-electron chi connectivity index (χ2n) is 6.12. The van der Waals surface area contributed by atoms with E-state index < -0.39 is 5.82 Å². The Morgan fingerprint density at radius 1 is 1.39 bits per heavy atom. The van der Waals surface area contributed by atoms with Crippen LogP contribution < -0.4 is 10.2 Å². The molecule has 1 amide bonds. The summed E-state index contributed by atoms with van der Waals surface area (Å²) in [4.78, 5) is 26.0. The molecule has 0 spiro atoms. The van der Waals surface area contributed by atoms with E-state index in [1.807, 2.05) is 4.90 Å². The van der Waals surface area contributed by atoms with E-state index >= 15 is 0 Å². The van der Waals surface area contributed by atoms with Crippen molar-refractivity contribution in [1.82, 2.24) is 5.32 Å². The molecule has 1 saturated heterocycles. The van der Waals surface area contributed by atoms with Crippen LogP contribution in [-0.4, -0.2) is 31.3 Å². The molecule has 23 heavy (non-hydrogen) atoms. The summed E-state index contributed by atoms with van der Waals surface area (Å²) in [5.74, 6) is -0.829. The second kappa shape index (κ2) is 8.09. The Morgan fingerprint density at radius 3 is 2.87 bits per heavy atom. The lowest BCUT2D eigenvalue weighted by Crippen LogP contribution is -2.43. The van der Waals surface area contributed by atoms with Gasteiger partial charge in [-0.25, -0.2) is 4.39 Å². The summed E-state index contributed by atoms with van der Waals surface area (Å²) in [6.45, 7) is 5.43. The third-order valence-electron chi connectivity index (χ3n) is 4.31. The Balaban J connectivity index is 2.11. The zero-order chi connectivity index (χ0) is 16.8. The molecule has 1 aliphatic rings. The summed E-state index contributed by atoms with van der Waals surface area (Å²) in [6.07, 6.45) is 3.71. The minimum absolute atomic E-state index is 0.0592. The minimum Gasteiger partial charge on any atom is -0.370 e. The molecule has 1 aromatic rings. The maximum atomic E-state index is 14.0. The number of carbonyl (C=O) groups is 2. The average Bonchev–Trinajstić information content (AvgIpc) is 2.54. The fourth-order valence-electron chi connectivity index (χ4n) is 3.07. The molecule has 5 heteroatoms. The van der Waals surface area contributed by atoms with Crippen molar-refractivity contribution in [3.05, 3.63) is 29.6 Å². The van der Waals surface area contributed by atoms with Gasteiger partial charge in [-0.2, -0.15) is 0 Å². The molecule has 0 aromatic heterocycles. The number of ketones is 1. The van der Waals surface area contributed by atoms with Crippen LogP contribution in [0.3, 0.4) is 0 Å². The van der Waals surface area contributed by atoms with Gasteiger partial charge in [0.05, 0.1) is 17.2 Å². The quantitative estimate of drug-likeness (QED) is 0.647. The highest BCUT2D eigenvalue weighted by Crippen LogP contribution is 2.28. The molecule has 1 heterocycles. The molecule has 1 aromatic carbocycles. The number of hydrogen-bond donors (Lipinski definition) is 1. The van der Waals surface area contributed by atoms with E-state index in [2.05, 4.69) is 12.2 Å². The first-order valence-corrected chi connectivity index (χ1v) is 8.36. The maximum absolute atomic E-state index is 14.0. The standard InChI is InChI=1S/C18H25FN2O2/c1-3-4-10-20-18(23)14-7-6-11-21(12-14)16-9-5-8-15(19)17(16)13(2)22/h5,8-9,14H,3-4,6-7,10-12H2,1-2H3,(H,20,23). The molecular weight excluding hydrogens is 295 g/mol. The molecule has 4 nitrogen and oxygen atoms in total. The number of nitrogens with one attached hydrogen (secondary N) is 1. The zero-order valence-electron chi connectivity index (χ0n) is 13.9. The minimum atomic E-state index is -0.496. The van der Waals surface area contributed by atoms with Crippen molar-refractivity contribution in [3.63, 3.8) is 0 Å². The third-order valence-corrected chi connectivity index (χ3v) is 4.31. The molecule has 1 N–H and O–H groups in total. The van der Waals surface area contributed by atoms with Crippen molar-refractivity contribution >= 4 is 17.4 Å². The molecule has 0 saturated carbocycles. The molecule has 2 rings (SSSR count). The highest BCUT2D eigenvalue weighted by atomic mass is 19.1. The number of halogens is 1. The fourth-order valence-corrected chi connectivity index (χ4v) is 3.07. The highest BCUT2D eigenvalue weighted by Gasteiger charge is 2.28. The van der Waals surface area contributed by atoms with E-state index in [0.29, 0.717) is 18.8 Å². The number of hydrogen-bond acceptors (Lipinski definition) is 3. The van der Waals surface area contributed by atoms with Crippen LogP contribution in [0.15, 0.2) is 18.2 Å². The normalized spacial score (nSPS) is 17.9. The van der Waals surface area contributed by atoms with Crippen LogP contribution in [0, 0.1) is 11.7 Å². The van der Waals surface area contributed by atoms with Crippen LogP contribution in [0.2, 0.25) is 0 Å². The van der Waals surface area contributed by atoms with E-state index in [0.717, 1.165) is 32.2 Å². The van der Waals surface area contributed by atoms with Gasteiger partial charge in [-0.15, -0.1) is 0 Å². The Labute approximate surface area is 137 Å². The van der Waals surface area contributed by atoms with E-state index in [1.54, 1.807) is 12.1 Å². The zero-order valence-corrected chi connectivity index (χ0v) is 13.9. The number of unbranched alkanes of at least 4 members (excludes halogenated alkanes) is 1. The van der Waals surface area contributed by atoms with Gasteiger partial charge in [0.25, 0.3) is 0 Å². The van der Waals surface area contributed by atoms with Crippen LogP contribution >= 0.6 is 0 Å². The van der Waals surface area contributed by atoms with Gasteiger partial charge in [0.1, 0.15) is 5.82 Å². The first-order chi connectivity index (χ1) is 11.0. The fraction of sp³-hybridized carbons (Fsp3) is 0.556. The molecule has 1 fully saturated rings. The first kappa shape index (κ1) is 17.4. The summed E-state index contributed by atoms with van der Waals surface area (Å²) in [7, 11) is 0. The summed E-state index contributed by atoms with van der Waals surface area (Å²) >= 11 is 0. The van der Waals surface area contributed by atoms with Crippen molar-refractivity contribution in [3.8, 4) is 0 Å². The van der Waals surface area contributed by atoms with Crippen molar-refractivity contribution in [2.75, 3.05) is 24.5 Å². The topological polar surface area (TPSA) is 49.4 Å². The molecule has 1 aliphatic heterocycles. The van der Waals surface area contributed by atoms with Gasteiger partial charge in [-0.3, -0.25) is 9.59 Å². The van der Waals surface area contributed by atoms with Crippen LogP contribution in [0.1, 0.15) is 49.9 Å². The molecular formula is C18H25FN2O2. The Bertz CT molecular complexity index is 574. The summed E-state index contributed by atoms with van der Waals surface area (Å²) in [5, 5.41) is 2.97. The molecule has 0 bridgehead atoms. The predicted octanol–water partition coefficient (Wildman–Crippen LogP) is 3.16. The first-order valence-electron chi connectivity index (χ1n) is 8.36. The number of amides is 1. The Morgan fingerprint density at radius 2 is 2.17 bits per heavy atom. The van der Waals surface area contributed by atoms with Gasteiger partial charge in [0, 0.05) is 19.6 Å². The van der Waals surface area contributed by atoms with E-state index in [4.69, 9.17) is 0 Å². The van der Waals surface area contributed by atoms with Gasteiger partial charge < -0.3 is 10.2 Å². The van der Waals surface area contributed by atoms with Crippen LogP contribution in [0.5, 0.6) is 0 Å². The summed E-state index contributed by atoms with van der Waals surface area (Å²) in [5.41, 5.74) is 0.725. The lowest BCUT2D eigenvalue weighted by atomic mass is 9.95. The van der Waals surface area contributed by atoms with Crippen molar-refractivity contribution < 1.29 is 14.0 Å². The number of carbonyl (C=O) groups excluding carboxylic acids is 2. The molecule has 0 radical (unpaired) electrons. The number of rotatable bonds is 6. The third kappa shape index (κ3) is 4.30. The number of nitrogens with zero attached hydrogens (tertiary/aromatic N) is 1. The van der Waals surface area contributed by atoms with Crippen LogP contribution in [0.4, 0.5) is 10.1 Å². The Kier molecular flexibility index (Phi) is 6.13. The summed E-state index contributed by atoms with van der Waals surface area (Å²) < 4.78 is 14.0. The smallest absolute Gasteiger partial charge is 0.224 e. The maximum Gasteiger partial charge on any atom is 0.224 e. The number of Topliss-reactive ketones (excluding diaryl/α,β-unsaturated/α-hetero) is 1. The molecule has 0 aliphatic carbocycles. The monoisotopic (exact) mass is 320 g/mol. The average molecular weight is 320 g/mol. The molecule has 1 atom stereocenters. The number of benzene rings is 1. The van der Waals surface area contributed by atoms with Gasteiger partial charge in [-0.05, 0) is 38.3 Å². The van der Waals surface area contributed by atoms with Crippen LogP contribution in [-0.2, 0) is 4.79 Å². The van der Waals surface area contributed by atoms with E-state index in [-0.39, 0.29) is 23.2 Å². The highest BCUT2D eigenvalue weighted by molar-refractivity contribution is 6.00. The SMILES string of the molecule is CCCCNC(=O)C1CCCN(c2cccc(F)c2C(C)=O)C1. The Hall–Kier alpha value is -1.91. The lowest BCUT2D eigenvalue weighted by molar-refractivity contribution is -0.125. The number of piperidine rings is 1. The second-order valence-corrected chi connectivity index (χ2v) is 6.12. The van der Waals surface area contributed by atoms with Crippen molar-refractivity contribution in [2.24, 2.45) is 5.92 Å². The molecule has 126 valence electrons. The van der Waals surface area contributed by atoms with Gasteiger partial charge in [0.2, 0.25) is 5.91 Å². The lowest BCUT2D eigenvalue weighted by Gasteiger charge is -2.34. The van der Waals surface area contributed by atoms with E-state index in [1.165, 1.54) is 13.0 Å². The predicted molar refractivity (Wildman–Crippen MR) is 89.3 cm³/mol. The van der Waals surface area contributed by atoms with E-state index in [9.17, 15) is 14.0 Å². The largest absolute Gasteiger partial charge is 0.370 e. The van der Waals surface area contributed by atoms with Gasteiger partial charge >= 0.3 is 0 Å². The molecule has 1 unspecified atom stereocenters. The van der Waals surface area contributed by atoms with Crippen molar-refractivity contribution in [1.29, 1.82) is 0 Å².